The zero-order valence-electron chi connectivity index (χ0n) is 11.9. The molecule has 1 aromatic rings. The minimum absolute atomic E-state index is 0. The average Bonchev–Trinajstić information content (AvgIpc) is 2.38. The van der Waals surface area contributed by atoms with Crippen LogP contribution in [-0.4, -0.2) is 32.3 Å². The van der Waals surface area contributed by atoms with Crippen LogP contribution in [0.25, 0.3) is 0 Å². The third-order valence-electron chi connectivity index (χ3n) is 2.81. The number of benzene rings is 1. The zero-order valence-corrected chi connectivity index (χ0v) is 14.7. The van der Waals surface area contributed by atoms with Crippen molar-refractivity contribution in [3.05, 3.63) is 30.3 Å². The van der Waals surface area contributed by atoms with Crippen molar-refractivity contribution in [1.82, 2.24) is 4.31 Å². The molecule has 0 aliphatic rings. The number of hydrogen-bond acceptors (Lipinski definition) is 4. The molecule has 0 bridgehead atoms. The number of carboxylic acid groups (broad SMARTS) is 1. The van der Waals surface area contributed by atoms with Crippen LogP contribution in [0.2, 0.25) is 0 Å². The molecule has 5 nitrogen and oxygen atoms in total. The Morgan fingerprint density at radius 3 is 2.30 bits per heavy atom. The van der Waals surface area contributed by atoms with E-state index in [4.69, 9.17) is 0 Å². The quantitative estimate of drug-likeness (QED) is 0.397. The third-order valence-corrected chi connectivity index (χ3v) is 4.68. The molecule has 0 atom stereocenters. The van der Waals surface area contributed by atoms with E-state index in [2.05, 4.69) is 0 Å². The molecule has 0 unspecified atom stereocenters. The maximum absolute atomic E-state index is 12.1. The predicted molar refractivity (Wildman–Crippen MR) is 69.7 cm³/mol. The molecule has 0 N–H and O–H groups in total. The molecule has 0 aliphatic heterocycles. The van der Waals surface area contributed by atoms with Gasteiger partial charge >= 0.3 is 29.6 Å². The number of nitrogens with zero attached hydrogens (tertiary/aromatic N) is 1. The van der Waals surface area contributed by atoms with Gasteiger partial charge in [-0.05, 0) is 31.4 Å². The Kier molecular flexibility index (Phi) is 9.33. The smallest absolute Gasteiger partial charge is 0.550 e. The van der Waals surface area contributed by atoms with E-state index in [1.165, 1.54) is 11.4 Å². The Morgan fingerprint density at radius 2 is 1.75 bits per heavy atom. The number of carbonyl (C=O) groups is 1. The van der Waals surface area contributed by atoms with Crippen molar-refractivity contribution in [1.29, 1.82) is 0 Å². The second kappa shape index (κ2) is 9.52. The van der Waals surface area contributed by atoms with Crippen molar-refractivity contribution in [2.75, 3.05) is 13.6 Å². The standard InChI is InChI=1S/C13H19NO4S.Na/c1-14(11-7-3-6-10-13(15)16)19(17,18)12-8-4-2-5-9-12;/h2,4-5,8-9H,3,6-7,10-11H2,1H3,(H,15,16);/q;+1/p-1. The average molecular weight is 307 g/mol. The van der Waals surface area contributed by atoms with Gasteiger partial charge in [0.25, 0.3) is 0 Å². The fourth-order valence-corrected chi connectivity index (χ4v) is 2.90. The van der Waals surface area contributed by atoms with Crippen molar-refractivity contribution < 1.29 is 47.9 Å². The molecule has 0 aliphatic carbocycles. The van der Waals surface area contributed by atoms with E-state index in [1.54, 1.807) is 30.3 Å². The summed E-state index contributed by atoms with van der Waals surface area (Å²) in [5.74, 6) is -1.06. The van der Waals surface area contributed by atoms with E-state index in [1.807, 2.05) is 0 Å². The van der Waals surface area contributed by atoms with Crippen LogP contribution in [0.5, 0.6) is 0 Å². The summed E-state index contributed by atoms with van der Waals surface area (Å²) in [6.07, 6.45) is 1.84. The van der Waals surface area contributed by atoms with Gasteiger partial charge in [-0.2, -0.15) is 0 Å². The predicted octanol–water partition coefficient (Wildman–Crippen LogP) is -2.38. The van der Waals surface area contributed by atoms with Gasteiger partial charge in [-0.1, -0.05) is 24.6 Å². The van der Waals surface area contributed by atoms with Gasteiger partial charge in [0, 0.05) is 19.6 Å². The number of sulfonamides is 1. The van der Waals surface area contributed by atoms with Gasteiger partial charge in [-0.25, -0.2) is 12.7 Å². The van der Waals surface area contributed by atoms with Gasteiger partial charge in [0.2, 0.25) is 10.0 Å². The fraction of sp³-hybridized carbons (Fsp3) is 0.462. The van der Waals surface area contributed by atoms with Crippen LogP contribution in [-0.2, 0) is 14.8 Å². The van der Waals surface area contributed by atoms with Crippen molar-refractivity contribution in [2.24, 2.45) is 0 Å². The normalized spacial score (nSPS) is 11.1. The molecule has 0 radical (unpaired) electrons. The minimum atomic E-state index is -3.44. The Labute approximate surface area is 142 Å². The van der Waals surface area contributed by atoms with Crippen molar-refractivity contribution >= 4 is 16.0 Å². The van der Waals surface area contributed by atoms with Crippen LogP contribution in [0.3, 0.4) is 0 Å². The maximum Gasteiger partial charge on any atom is 1.00 e. The Morgan fingerprint density at radius 1 is 1.15 bits per heavy atom. The van der Waals surface area contributed by atoms with Crippen LogP contribution in [0, 0.1) is 0 Å². The summed E-state index contributed by atoms with van der Waals surface area (Å²) in [6, 6.07) is 8.24. The number of unbranched alkanes of at least 4 members (excludes halogenated alkanes) is 2. The van der Waals surface area contributed by atoms with Crippen LogP contribution in [0.15, 0.2) is 35.2 Å². The van der Waals surface area contributed by atoms with E-state index in [0.29, 0.717) is 25.8 Å². The molecular formula is C13H18NNaO4S. The molecule has 0 spiro atoms. The van der Waals surface area contributed by atoms with Crippen molar-refractivity contribution in [3.63, 3.8) is 0 Å². The first kappa shape index (κ1) is 19.6. The van der Waals surface area contributed by atoms with E-state index in [-0.39, 0.29) is 40.9 Å². The molecule has 1 aromatic carbocycles. The molecule has 7 heteroatoms. The van der Waals surface area contributed by atoms with Crippen molar-refractivity contribution in [3.8, 4) is 0 Å². The zero-order chi connectivity index (χ0) is 14.3. The topological polar surface area (TPSA) is 77.5 Å². The Bertz CT molecular complexity index is 504. The first-order valence-corrected chi connectivity index (χ1v) is 7.60. The molecule has 0 saturated heterocycles. The molecule has 1 rings (SSSR count). The Hall–Kier alpha value is -0.400. The van der Waals surface area contributed by atoms with Gasteiger partial charge in [-0.3, -0.25) is 0 Å². The number of hydrogen-bond donors (Lipinski definition) is 0. The fourth-order valence-electron chi connectivity index (χ4n) is 1.67. The van der Waals surface area contributed by atoms with Crippen LogP contribution < -0.4 is 34.7 Å². The Balaban J connectivity index is 0.00000361. The molecule has 20 heavy (non-hydrogen) atoms. The number of rotatable bonds is 8. The monoisotopic (exact) mass is 307 g/mol. The largest absolute Gasteiger partial charge is 1.00 e. The maximum atomic E-state index is 12.1. The van der Waals surface area contributed by atoms with Crippen LogP contribution >= 0.6 is 0 Å². The van der Waals surface area contributed by atoms with E-state index < -0.39 is 16.0 Å². The van der Waals surface area contributed by atoms with Gasteiger partial charge in [0.05, 0.1) is 4.90 Å². The van der Waals surface area contributed by atoms with E-state index in [9.17, 15) is 18.3 Å². The minimum Gasteiger partial charge on any atom is -0.550 e. The SMILES string of the molecule is CN(CCCCCC(=O)[O-])S(=O)(=O)c1ccccc1.[Na+]. The number of carbonyl (C=O) groups excluding carboxylic acids is 1. The third kappa shape index (κ3) is 6.37. The first-order valence-electron chi connectivity index (χ1n) is 6.16. The van der Waals surface area contributed by atoms with Gasteiger partial charge in [-0.15, -0.1) is 0 Å². The van der Waals surface area contributed by atoms with E-state index in [0.717, 1.165) is 0 Å². The molecule has 0 amide bonds. The van der Waals surface area contributed by atoms with E-state index >= 15 is 0 Å². The van der Waals surface area contributed by atoms with Crippen molar-refractivity contribution in [2.45, 2.75) is 30.6 Å². The van der Waals surface area contributed by atoms with Crippen LogP contribution in [0.4, 0.5) is 0 Å². The second-order valence-corrected chi connectivity index (χ2v) is 6.37. The summed E-state index contributed by atoms with van der Waals surface area (Å²) in [6.45, 7) is 0.379. The van der Waals surface area contributed by atoms with Crippen LogP contribution in [0.1, 0.15) is 25.7 Å². The summed E-state index contributed by atoms with van der Waals surface area (Å²) in [7, 11) is -1.91. The molecule has 0 aromatic heterocycles. The molecule has 0 heterocycles. The summed E-state index contributed by atoms with van der Waals surface area (Å²) in [5.41, 5.74) is 0. The summed E-state index contributed by atoms with van der Waals surface area (Å²) < 4.78 is 25.5. The van der Waals surface area contributed by atoms with Gasteiger partial charge in [0.15, 0.2) is 0 Å². The molecule has 0 fully saturated rings. The summed E-state index contributed by atoms with van der Waals surface area (Å²) in [4.78, 5) is 10.5. The van der Waals surface area contributed by atoms with Gasteiger partial charge < -0.3 is 9.90 Å². The summed E-state index contributed by atoms with van der Waals surface area (Å²) >= 11 is 0. The number of carboxylic acids is 1. The number of aliphatic carboxylic acids is 1. The molecule has 0 saturated carbocycles. The molecule has 106 valence electrons. The first-order chi connectivity index (χ1) is 8.94. The summed E-state index contributed by atoms with van der Waals surface area (Å²) in [5, 5.41) is 10.2. The second-order valence-electron chi connectivity index (χ2n) is 4.32. The van der Waals surface area contributed by atoms with Gasteiger partial charge in [0.1, 0.15) is 0 Å². The molecular weight excluding hydrogens is 289 g/mol.